The first-order chi connectivity index (χ1) is 12.5. The number of allylic oxidation sites excluding steroid dienone is 2. The van der Waals surface area contributed by atoms with Crippen molar-refractivity contribution in [3.05, 3.63) is 30.4 Å². The van der Waals surface area contributed by atoms with Gasteiger partial charge >= 0.3 is 0 Å². The molecule has 2 fully saturated rings. The molecular formula is C19H20N2O5. The Bertz CT molecular complexity index is 788. The second-order valence-corrected chi connectivity index (χ2v) is 6.88. The zero-order chi connectivity index (χ0) is 18.4. The Kier molecular flexibility index (Phi) is 3.94. The van der Waals surface area contributed by atoms with Crippen LogP contribution < -0.4 is 14.8 Å². The van der Waals surface area contributed by atoms with Gasteiger partial charge in [0.2, 0.25) is 17.7 Å². The number of amides is 3. The molecule has 2 bridgehead atoms. The molecule has 4 atom stereocenters. The number of ether oxygens (including phenoxy) is 2. The SMILES string of the molecule is COc1ccc(OC)c(NC(=O)CN2C(=O)[C@H]3[C@H](C2=O)[C@H]2C=C[C@H]3C2)c1. The highest BCUT2D eigenvalue weighted by molar-refractivity contribution is 6.09. The van der Waals surface area contributed by atoms with E-state index in [1.807, 2.05) is 12.2 Å². The van der Waals surface area contributed by atoms with Gasteiger partial charge in [-0.2, -0.15) is 0 Å². The summed E-state index contributed by atoms with van der Waals surface area (Å²) < 4.78 is 10.4. The summed E-state index contributed by atoms with van der Waals surface area (Å²) in [6.45, 7) is -0.287. The average molecular weight is 356 g/mol. The van der Waals surface area contributed by atoms with Crippen LogP contribution >= 0.6 is 0 Å². The number of carbonyl (C=O) groups excluding carboxylic acids is 3. The van der Waals surface area contributed by atoms with Crippen molar-refractivity contribution in [1.82, 2.24) is 4.90 Å². The molecular weight excluding hydrogens is 336 g/mol. The Balaban J connectivity index is 1.48. The minimum absolute atomic E-state index is 0.132. The standard InChI is InChI=1S/C19H20N2O5/c1-25-12-5-6-14(26-2)13(8-12)20-15(22)9-21-18(23)16-10-3-4-11(7-10)17(16)19(21)24/h3-6,8,10-11,16-17H,7,9H2,1-2H3,(H,20,22)/t10-,11-,16+,17+/m0/s1. The van der Waals surface area contributed by atoms with Crippen molar-refractivity contribution in [2.75, 3.05) is 26.1 Å². The summed E-state index contributed by atoms with van der Waals surface area (Å²) in [6.07, 6.45) is 4.93. The molecule has 0 unspecified atom stereocenters. The van der Waals surface area contributed by atoms with E-state index in [0.29, 0.717) is 17.2 Å². The van der Waals surface area contributed by atoms with E-state index in [4.69, 9.17) is 9.47 Å². The summed E-state index contributed by atoms with van der Waals surface area (Å²) >= 11 is 0. The molecule has 1 saturated heterocycles. The molecule has 7 nitrogen and oxygen atoms in total. The number of fused-ring (bicyclic) bond motifs is 5. The summed E-state index contributed by atoms with van der Waals surface area (Å²) in [5.41, 5.74) is 0.429. The molecule has 1 aliphatic heterocycles. The molecule has 1 saturated carbocycles. The predicted octanol–water partition coefficient (Wildman–Crippen LogP) is 1.45. The first-order valence-corrected chi connectivity index (χ1v) is 8.59. The van der Waals surface area contributed by atoms with E-state index < -0.39 is 5.91 Å². The summed E-state index contributed by atoms with van der Waals surface area (Å²) in [6, 6.07) is 5.02. The molecule has 0 spiro atoms. The third-order valence-electron chi connectivity index (χ3n) is 5.54. The fourth-order valence-corrected chi connectivity index (χ4v) is 4.36. The first kappa shape index (κ1) is 16.6. The van der Waals surface area contributed by atoms with E-state index in [1.54, 1.807) is 18.2 Å². The van der Waals surface area contributed by atoms with Crippen LogP contribution in [0.25, 0.3) is 0 Å². The van der Waals surface area contributed by atoms with E-state index in [9.17, 15) is 14.4 Å². The topological polar surface area (TPSA) is 84.9 Å². The maximum Gasteiger partial charge on any atom is 0.244 e. The fourth-order valence-electron chi connectivity index (χ4n) is 4.36. The highest BCUT2D eigenvalue weighted by atomic mass is 16.5. The summed E-state index contributed by atoms with van der Waals surface area (Å²) in [4.78, 5) is 38.8. The van der Waals surface area contributed by atoms with Gasteiger partial charge in [0.05, 0.1) is 31.7 Å². The molecule has 2 aliphatic carbocycles. The van der Waals surface area contributed by atoms with Crippen LogP contribution in [0.1, 0.15) is 6.42 Å². The van der Waals surface area contributed by atoms with Gasteiger partial charge in [0.15, 0.2) is 0 Å². The number of anilines is 1. The van der Waals surface area contributed by atoms with Gasteiger partial charge in [0.25, 0.3) is 0 Å². The van der Waals surface area contributed by atoms with Crippen molar-refractivity contribution in [2.45, 2.75) is 6.42 Å². The Labute approximate surface area is 150 Å². The van der Waals surface area contributed by atoms with Gasteiger partial charge in [0.1, 0.15) is 18.0 Å². The molecule has 1 aromatic rings. The van der Waals surface area contributed by atoms with Crippen molar-refractivity contribution in [3.8, 4) is 11.5 Å². The van der Waals surface area contributed by atoms with E-state index >= 15 is 0 Å². The maximum absolute atomic E-state index is 12.6. The summed E-state index contributed by atoms with van der Waals surface area (Å²) in [5, 5.41) is 2.70. The van der Waals surface area contributed by atoms with Gasteiger partial charge in [-0.05, 0) is 30.4 Å². The first-order valence-electron chi connectivity index (χ1n) is 8.59. The summed E-state index contributed by atoms with van der Waals surface area (Å²) in [7, 11) is 3.02. The Hall–Kier alpha value is -2.83. The molecule has 1 heterocycles. The number of benzene rings is 1. The lowest BCUT2D eigenvalue weighted by Gasteiger charge is -2.17. The van der Waals surface area contributed by atoms with Gasteiger partial charge in [-0.25, -0.2) is 0 Å². The number of rotatable bonds is 5. The minimum Gasteiger partial charge on any atom is -0.497 e. The minimum atomic E-state index is -0.446. The molecule has 26 heavy (non-hydrogen) atoms. The summed E-state index contributed by atoms with van der Waals surface area (Å²) in [5.74, 6) is -0.203. The smallest absolute Gasteiger partial charge is 0.244 e. The van der Waals surface area contributed by atoms with Crippen LogP contribution in [0.3, 0.4) is 0 Å². The molecule has 3 amide bonds. The van der Waals surface area contributed by atoms with E-state index in [-0.39, 0.29) is 42.0 Å². The fraction of sp³-hybridized carbons (Fsp3) is 0.421. The monoisotopic (exact) mass is 356 g/mol. The van der Waals surface area contributed by atoms with E-state index in [2.05, 4.69) is 5.32 Å². The maximum atomic E-state index is 12.6. The van der Waals surface area contributed by atoms with Crippen LogP contribution in [0.2, 0.25) is 0 Å². The number of likely N-dealkylation sites (tertiary alicyclic amines) is 1. The lowest BCUT2D eigenvalue weighted by atomic mass is 9.85. The zero-order valence-corrected chi connectivity index (χ0v) is 14.6. The van der Waals surface area contributed by atoms with Crippen molar-refractivity contribution in [3.63, 3.8) is 0 Å². The Morgan fingerprint density at radius 2 is 1.77 bits per heavy atom. The lowest BCUT2D eigenvalue weighted by molar-refractivity contribution is -0.143. The highest BCUT2D eigenvalue weighted by Crippen LogP contribution is 2.52. The van der Waals surface area contributed by atoms with Crippen LogP contribution in [0, 0.1) is 23.7 Å². The predicted molar refractivity (Wildman–Crippen MR) is 92.6 cm³/mol. The lowest BCUT2D eigenvalue weighted by Crippen LogP contribution is -2.39. The highest BCUT2D eigenvalue weighted by Gasteiger charge is 2.59. The number of hydrogen-bond donors (Lipinski definition) is 1. The number of nitrogens with zero attached hydrogens (tertiary/aromatic N) is 1. The third-order valence-corrected chi connectivity index (χ3v) is 5.54. The zero-order valence-electron chi connectivity index (χ0n) is 14.6. The molecule has 0 radical (unpaired) electrons. The molecule has 0 aromatic heterocycles. The number of carbonyl (C=O) groups is 3. The molecule has 7 heteroatoms. The van der Waals surface area contributed by atoms with E-state index in [0.717, 1.165) is 11.3 Å². The van der Waals surface area contributed by atoms with Crippen LogP contribution in [0.15, 0.2) is 30.4 Å². The molecule has 3 aliphatic rings. The average Bonchev–Trinajstić information content (AvgIpc) is 3.31. The van der Waals surface area contributed by atoms with Crippen LogP contribution in [-0.4, -0.2) is 43.4 Å². The third kappa shape index (κ3) is 2.46. The molecule has 136 valence electrons. The van der Waals surface area contributed by atoms with Crippen LogP contribution in [-0.2, 0) is 14.4 Å². The van der Waals surface area contributed by atoms with Gasteiger partial charge in [-0.3, -0.25) is 19.3 Å². The van der Waals surface area contributed by atoms with Gasteiger partial charge in [-0.15, -0.1) is 0 Å². The van der Waals surface area contributed by atoms with Crippen LogP contribution in [0.4, 0.5) is 5.69 Å². The normalized spacial score (nSPS) is 28.5. The largest absolute Gasteiger partial charge is 0.497 e. The molecule has 1 N–H and O–H groups in total. The van der Waals surface area contributed by atoms with Crippen molar-refractivity contribution in [1.29, 1.82) is 0 Å². The van der Waals surface area contributed by atoms with Gasteiger partial charge in [0, 0.05) is 6.07 Å². The quantitative estimate of drug-likeness (QED) is 0.638. The number of hydrogen-bond acceptors (Lipinski definition) is 5. The van der Waals surface area contributed by atoms with Gasteiger partial charge < -0.3 is 14.8 Å². The second kappa shape index (κ2) is 6.16. The van der Waals surface area contributed by atoms with Crippen molar-refractivity contribution in [2.24, 2.45) is 23.7 Å². The van der Waals surface area contributed by atoms with Crippen molar-refractivity contribution >= 4 is 23.4 Å². The molecule has 1 aromatic carbocycles. The Morgan fingerprint density at radius 1 is 1.12 bits per heavy atom. The van der Waals surface area contributed by atoms with Gasteiger partial charge in [-0.1, -0.05) is 12.2 Å². The van der Waals surface area contributed by atoms with E-state index in [1.165, 1.54) is 14.2 Å². The second-order valence-electron chi connectivity index (χ2n) is 6.88. The van der Waals surface area contributed by atoms with Crippen molar-refractivity contribution < 1.29 is 23.9 Å². The number of methoxy groups -OCH3 is 2. The van der Waals surface area contributed by atoms with Crippen LogP contribution in [0.5, 0.6) is 11.5 Å². The Morgan fingerprint density at radius 3 is 2.35 bits per heavy atom. The molecule has 4 rings (SSSR count). The number of imide groups is 1. The number of nitrogens with one attached hydrogen (secondary N) is 1.